The van der Waals surface area contributed by atoms with Crippen molar-refractivity contribution in [3.05, 3.63) is 59.4 Å². The fourth-order valence-corrected chi connectivity index (χ4v) is 5.19. The minimum atomic E-state index is -2.46. The highest BCUT2D eigenvalue weighted by Crippen LogP contribution is 2.49. The van der Waals surface area contributed by atoms with Gasteiger partial charge < -0.3 is 46.4 Å². The number of aryl methyl sites for hydroxylation is 1. The number of anilines is 1. The molecule has 2 aromatic rings. The Morgan fingerprint density at radius 3 is 2.39 bits per heavy atom. The first kappa shape index (κ1) is 29.1. The van der Waals surface area contributed by atoms with Crippen LogP contribution >= 0.6 is 0 Å². The Hall–Kier alpha value is -3.45. The third-order valence-corrected chi connectivity index (χ3v) is 7.45. The molecule has 1 saturated carbocycles. The molecule has 0 saturated heterocycles. The van der Waals surface area contributed by atoms with Gasteiger partial charge in [0.05, 0.1) is 18.2 Å². The molecule has 1 aliphatic rings. The molecule has 6 atom stereocenters. The fraction of sp³-hybridized carbons (Fsp3) is 0.462. The Balaban J connectivity index is 2.11. The Labute approximate surface area is 220 Å². The van der Waals surface area contributed by atoms with Crippen molar-refractivity contribution >= 4 is 17.7 Å². The molecule has 0 bridgehead atoms. The Morgan fingerprint density at radius 1 is 1.21 bits per heavy atom. The van der Waals surface area contributed by atoms with E-state index in [2.05, 4.69) is 10.6 Å². The maximum atomic E-state index is 14.0. The molecule has 2 aromatic carbocycles. The average Bonchev–Trinajstić information content (AvgIpc) is 2.94. The van der Waals surface area contributed by atoms with Crippen LogP contribution in [0.2, 0.25) is 0 Å². The van der Waals surface area contributed by atoms with Crippen LogP contribution in [0, 0.1) is 12.7 Å². The second-order valence-corrected chi connectivity index (χ2v) is 10.1. The number of carbonyl (C=O) groups is 2. The highest BCUT2D eigenvalue weighted by atomic mass is 19.1. The number of halogens is 1. The number of aliphatic hydroxyl groups excluding tert-OH is 1. The first-order chi connectivity index (χ1) is 17.6. The van der Waals surface area contributed by atoms with Crippen molar-refractivity contribution in [2.75, 3.05) is 26.0 Å². The number of ether oxygens (including phenoxy) is 1. The number of nitrogens with two attached hydrogens (primary N) is 1. The molecule has 38 heavy (non-hydrogen) atoms. The largest absolute Gasteiger partial charge is 0.507 e. The van der Waals surface area contributed by atoms with Crippen molar-refractivity contribution in [2.24, 2.45) is 5.73 Å². The Kier molecular flexibility index (Phi) is 7.94. The lowest BCUT2D eigenvalue weighted by molar-refractivity contribution is -0.186. The lowest BCUT2D eigenvalue weighted by atomic mass is 9.73. The van der Waals surface area contributed by atoms with Crippen LogP contribution < -0.4 is 16.4 Å². The van der Waals surface area contributed by atoms with Gasteiger partial charge in [-0.15, -0.1) is 0 Å². The van der Waals surface area contributed by atoms with E-state index >= 15 is 0 Å². The molecule has 0 aromatic heterocycles. The summed E-state index contributed by atoms with van der Waals surface area (Å²) >= 11 is 0. The highest BCUT2D eigenvalue weighted by molar-refractivity contribution is 5.94. The van der Waals surface area contributed by atoms with Crippen molar-refractivity contribution in [3.8, 4) is 5.75 Å². The van der Waals surface area contributed by atoms with Crippen molar-refractivity contribution in [1.29, 1.82) is 0 Å². The summed E-state index contributed by atoms with van der Waals surface area (Å²) in [4.78, 5) is 26.9. The van der Waals surface area contributed by atoms with Gasteiger partial charge in [0.25, 0.3) is 0 Å². The van der Waals surface area contributed by atoms with Crippen molar-refractivity contribution in [3.63, 3.8) is 0 Å². The number of nitrogens with one attached hydrogen (secondary N) is 2. The predicted molar refractivity (Wildman–Crippen MR) is 137 cm³/mol. The number of amides is 2. The van der Waals surface area contributed by atoms with Crippen molar-refractivity contribution < 1.29 is 39.1 Å². The summed E-state index contributed by atoms with van der Waals surface area (Å²) in [5.41, 5.74) is 0.0267. The number of phenolic OH excluding ortho intramolecular Hbond substituents is 1. The molecule has 1 fully saturated rings. The molecular formula is C26H35FN4O7. The van der Waals surface area contributed by atoms with E-state index in [1.54, 1.807) is 19.1 Å². The first-order valence-electron chi connectivity index (χ1n) is 12.0. The van der Waals surface area contributed by atoms with E-state index < -0.39 is 59.4 Å². The molecular weight excluding hydrogens is 499 g/mol. The number of phenols is 1. The molecule has 0 unspecified atom stereocenters. The molecule has 0 heterocycles. The van der Waals surface area contributed by atoms with Crippen molar-refractivity contribution in [1.82, 2.24) is 10.2 Å². The summed E-state index contributed by atoms with van der Waals surface area (Å²) in [6.07, 6.45) is -1.53. The number of urea groups is 1. The molecule has 2 amide bonds. The molecule has 11 nitrogen and oxygen atoms in total. The van der Waals surface area contributed by atoms with E-state index in [0.717, 1.165) is 17.9 Å². The Morgan fingerprint density at radius 2 is 1.84 bits per heavy atom. The van der Waals surface area contributed by atoms with E-state index in [1.165, 1.54) is 45.3 Å². The summed E-state index contributed by atoms with van der Waals surface area (Å²) in [6, 6.07) is 6.12. The lowest BCUT2D eigenvalue weighted by Gasteiger charge is -2.48. The normalized spacial score (nSPS) is 29.4. The zero-order valence-electron chi connectivity index (χ0n) is 21.9. The number of aromatic hydroxyl groups is 1. The van der Waals surface area contributed by atoms with E-state index in [1.807, 2.05) is 0 Å². The zero-order valence-corrected chi connectivity index (χ0v) is 21.9. The standard InChI is InChI=1S/C26H35FN4O7/c1-14-8-6-11-18(33)19(14)22(34)38-13-25(37)21(29-17-10-7-9-16(27)12-17)20(28)26(15(2)32,24(25,3)36)30-23(35)31(4)5/h6-12,15,20-21,29,32-33,36-37H,13,28H2,1-5H3,(H,30,35)/t15-,20-,21-,24-,25+,26-/m0/s1. The number of hydrogen-bond donors (Lipinski definition) is 7. The van der Waals surface area contributed by atoms with Gasteiger partial charge >= 0.3 is 12.0 Å². The zero-order chi connectivity index (χ0) is 28.6. The number of esters is 1. The first-order valence-corrected chi connectivity index (χ1v) is 12.0. The quantitative estimate of drug-likeness (QED) is 0.252. The number of nitrogens with zero attached hydrogens (tertiary/aromatic N) is 1. The number of aliphatic hydroxyl groups is 3. The molecule has 8 N–H and O–H groups in total. The minimum Gasteiger partial charge on any atom is -0.507 e. The SMILES string of the molecule is Cc1cccc(O)c1C(=O)OC[C@@]1(O)[C@@H](Nc2cccc(F)c2)[C@H](N)[C@@](NC(=O)N(C)C)([C@H](C)O)[C@@]1(C)O. The molecule has 12 heteroatoms. The van der Waals surface area contributed by atoms with Gasteiger partial charge in [-0.2, -0.15) is 0 Å². The van der Waals surface area contributed by atoms with Gasteiger partial charge in [0.15, 0.2) is 5.60 Å². The fourth-order valence-electron chi connectivity index (χ4n) is 5.19. The maximum Gasteiger partial charge on any atom is 0.342 e. The summed E-state index contributed by atoms with van der Waals surface area (Å²) in [6.45, 7) is 3.14. The van der Waals surface area contributed by atoms with Crippen LogP contribution in [-0.4, -0.2) is 93.0 Å². The van der Waals surface area contributed by atoms with Gasteiger partial charge in [0.1, 0.15) is 34.9 Å². The van der Waals surface area contributed by atoms with E-state index in [4.69, 9.17) is 10.5 Å². The third kappa shape index (κ3) is 4.64. The highest BCUT2D eigenvalue weighted by Gasteiger charge is 2.76. The van der Waals surface area contributed by atoms with Crippen LogP contribution in [0.15, 0.2) is 42.5 Å². The van der Waals surface area contributed by atoms with Crippen LogP contribution in [0.25, 0.3) is 0 Å². The van der Waals surface area contributed by atoms with Gasteiger partial charge in [-0.25, -0.2) is 14.0 Å². The number of benzene rings is 2. The summed E-state index contributed by atoms with van der Waals surface area (Å²) in [5, 5.41) is 50.5. The van der Waals surface area contributed by atoms with Crippen LogP contribution in [0.3, 0.4) is 0 Å². The summed E-state index contributed by atoms with van der Waals surface area (Å²) in [5.74, 6) is -1.93. The third-order valence-electron chi connectivity index (χ3n) is 7.45. The molecule has 1 aliphatic carbocycles. The monoisotopic (exact) mass is 534 g/mol. The van der Waals surface area contributed by atoms with Gasteiger partial charge in [-0.05, 0) is 50.6 Å². The second kappa shape index (κ2) is 10.4. The topological polar surface area (TPSA) is 178 Å². The maximum absolute atomic E-state index is 14.0. The van der Waals surface area contributed by atoms with Crippen LogP contribution in [0.1, 0.15) is 29.8 Å². The molecule has 208 valence electrons. The average molecular weight is 535 g/mol. The summed E-state index contributed by atoms with van der Waals surface area (Å²) in [7, 11) is 2.87. The molecule has 0 spiro atoms. The van der Waals surface area contributed by atoms with Crippen LogP contribution in [0.4, 0.5) is 14.9 Å². The van der Waals surface area contributed by atoms with Gasteiger partial charge in [-0.1, -0.05) is 18.2 Å². The number of carbonyl (C=O) groups excluding carboxylic acids is 2. The lowest BCUT2D eigenvalue weighted by Crippen LogP contribution is -2.76. The molecule has 3 rings (SSSR count). The van der Waals surface area contributed by atoms with Gasteiger partial charge in [-0.3, -0.25) is 0 Å². The summed E-state index contributed by atoms with van der Waals surface area (Å²) < 4.78 is 19.4. The number of hydrogen-bond acceptors (Lipinski definition) is 9. The van der Waals surface area contributed by atoms with E-state index in [0.29, 0.717) is 5.56 Å². The van der Waals surface area contributed by atoms with Gasteiger partial charge in [0.2, 0.25) is 0 Å². The second-order valence-electron chi connectivity index (χ2n) is 10.1. The van der Waals surface area contributed by atoms with Crippen LogP contribution in [0.5, 0.6) is 5.75 Å². The van der Waals surface area contributed by atoms with Crippen molar-refractivity contribution in [2.45, 2.75) is 55.7 Å². The minimum absolute atomic E-state index is 0.143. The predicted octanol–water partition coefficient (Wildman–Crippen LogP) is 0.691. The number of rotatable bonds is 7. The smallest absolute Gasteiger partial charge is 0.342 e. The molecule has 0 radical (unpaired) electrons. The Bertz CT molecular complexity index is 1190. The van der Waals surface area contributed by atoms with Crippen LogP contribution in [-0.2, 0) is 4.74 Å². The van der Waals surface area contributed by atoms with Gasteiger partial charge in [0, 0.05) is 19.8 Å². The van der Waals surface area contributed by atoms with E-state index in [9.17, 15) is 34.4 Å². The van der Waals surface area contributed by atoms with E-state index in [-0.39, 0.29) is 17.0 Å². The molecule has 0 aliphatic heterocycles.